The van der Waals surface area contributed by atoms with Gasteiger partial charge in [-0.3, -0.25) is 4.68 Å². The van der Waals surface area contributed by atoms with E-state index in [0.717, 1.165) is 4.31 Å². The smallest absolute Gasteiger partial charge is 0.275 e. The molecule has 0 saturated heterocycles. The number of nitrogens with zero attached hydrogens (tertiary/aromatic N) is 4. The van der Waals surface area contributed by atoms with Crippen molar-refractivity contribution in [2.45, 2.75) is 18.2 Å². The Morgan fingerprint density at radius 3 is 2.70 bits per heavy atom. The van der Waals surface area contributed by atoms with E-state index in [2.05, 4.69) is 15.4 Å². The minimum atomic E-state index is -3.52. The van der Waals surface area contributed by atoms with Crippen LogP contribution in [0, 0.1) is 0 Å². The number of hydrogen-bond acceptors (Lipinski definition) is 6. The summed E-state index contributed by atoms with van der Waals surface area (Å²) in [6.45, 7) is 0.887. The first-order chi connectivity index (χ1) is 9.39. The van der Waals surface area contributed by atoms with Gasteiger partial charge in [-0.25, -0.2) is 17.7 Å². The summed E-state index contributed by atoms with van der Waals surface area (Å²) in [5.41, 5.74) is 0. The highest BCUT2D eigenvalue weighted by Gasteiger charge is 2.21. The van der Waals surface area contributed by atoms with Crippen LogP contribution in [0.5, 0.6) is 0 Å². The Balaban J connectivity index is 1.93. The minimum Gasteiger partial charge on any atom is -0.447 e. The second-order valence-corrected chi connectivity index (χ2v) is 6.53. The first-order valence-electron chi connectivity index (χ1n) is 5.96. The van der Waals surface area contributed by atoms with Gasteiger partial charge in [-0.15, -0.1) is 0 Å². The van der Waals surface area contributed by atoms with E-state index in [0.29, 0.717) is 24.7 Å². The lowest BCUT2D eigenvalue weighted by atomic mass is 10.4. The first kappa shape index (κ1) is 14.7. The second-order valence-electron chi connectivity index (χ2n) is 4.45. The van der Waals surface area contributed by atoms with Gasteiger partial charge in [0.05, 0.1) is 13.1 Å². The zero-order valence-electron chi connectivity index (χ0n) is 11.6. The fourth-order valence-corrected chi connectivity index (χ4v) is 2.35. The van der Waals surface area contributed by atoms with E-state index < -0.39 is 10.0 Å². The molecule has 0 saturated carbocycles. The molecule has 8 nitrogen and oxygen atoms in total. The summed E-state index contributed by atoms with van der Waals surface area (Å²) in [6, 6.07) is 3.08. The van der Waals surface area contributed by atoms with Gasteiger partial charge in [0, 0.05) is 21.1 Å². The Bertz CT molecular complexity index is 674. The van der Waals surface area contributed by atoms with Crippen molar-refractivity contribution in [2.24, 2.45) is 7.05 Å². The fourth-order valence-electron chi connectivity index (χ4n) is 1.53. The average Bonchev–Trinajstić information content (AvgIpc) is 2.99. The van der Waals surface area contributed by atoms with Crippen molar-refractivity contribution in [3.05, 3.63) is 30.0 Å². The molecule has 1 N–H and O–H groups in total. The monoisotopic (exact) mass is 299 g/mol. The van der Waals surface area contributed by atoms with E-state index in [-0.39, 0.29) is 5.09 Å². The Morgan fingerprint density at radius 2 is 2.10 bits per heavy atom. The van der Waals surface area contributed by atoms with Crippen LogP contribution in [0.25, 0.3) is 0 Å². The molecule has 2 rings (SSSR count). The van der Waals surface area contributed by atoms with E-state index >= 15 is 0 Å². The Morgan fingerprint density at radius 1 is 1.35 bits per heavy atom. The summed E-state index contributed by atoms with van der Waals surface area (Å²) >= 11 is 0. The van der Waals surface area contributed by atoms with E-state index in [1.165, 1.54) is 20.2 Å². The van der Waals surface area contributed by atoms with Crippen LogP contribution < -0.4 is 5.32 Å². The predicted octanol–water partition coefficient (Wildman–Crippen LogP) is -0.0518. The lowest BCUT2D eigenvalue weighted by molar-refractivity contribution is 0.388. The molecule has 0 spiro atoms. The number of furan rings is 1. The summed E-state index contributed by atoms with van der Waals surface area (Å²) in [5.74, 6) is 1.21. The summed E-state index contributed by atoms with van der Waals surface area (Å²) in [4.78, 5) is 4.07. The van der Waals surface area contributed by atoms with Gasteiger partial charge in [-0.05, 0) is 12.1 Å². The van der Waals surface area contributed by atoms with E-state index in [4.69, 9.17) is 4.42 Å². The highest BCUT2D eigenvalue weighted by Crippen LogP contribution is 2.16. The van der Waals surface area contributed by atoms with Crippen LogP contribution in [0.3, 0.4) is 0 Å². The largest absolute Gasteiger partial charge is 0.447 e. The maximum atomic E-state index is 11.8. The van der Waals surface area contributed by atoms with Crippen molar-refractivity contribution in [2.75, 3.05) is 14.1 Å². The summed E-state index contributed by atoms with van der Waals surface area (Å²) in [5, 5.41) is 7.14. The topological polar surface area (TPSA) is 93.3 Å². The van der Waals surface area contributed by atoms with Crippen molar-refractivity contribution >= 4 is 10.0 Å². The van der Waals surface area contributed by atoms with Gasteiger partial charge < -0.3 is 9.73 Å². The molecule has 2 aromatic heterocycles. The summed E-state index contributed by atoms with van der Waals surface area (Å²) in [7, 11) is 1.20. The van der Waals surface area contributed by atoms with Gasteiger partial charge in [-0.2, -0.15) is 5.10 Å². The molecule has 110 valence electrons. The number of nitrogens with one attached hydrogen (secondary N) is 1. The van der Waals surface area contributed by atoms with E-state index in [1.807, 2.05) is 0 Å². The third kappa shape index (κ3) is 3.24. The Labute approximate surface area is 117 Å². The van der Waals surface area contributed by atoms with Gasteiger partial charge in [-0.1, -0.05) is 0 Å². The number of rotatable bonds is 6. The molecule has 9 heteroatoms. The summed E-state index contributed by atoms with van der Waals surface area (Å²) in [6.07, 6.45) is 1.62. The molecule has 20 heavy (non-hydrogen) atoms. The standard InChI is InChI=1S/C11H17N5O3S/c1-15(2)20(17,18)11-5-4-9(19-11)6-12-7-10-13-8-16(3)14-10/h4-5,8,12H,6-7H2,1-3H3. The zero-order valence-corrected chi connectivity index (χ0v) is 12.4. The van der Waals surface area contributed by atoms with Gasteiger partial charge in [0.25, 0.3) is 10.0 Å². The molecule has 0 amide bonds. The lowest BCUT2D eigenvalue weighted by Gasteiger charge is -2.07. The highest BCUT2D eigenvalue weighted by atomic mass is 32.2. The average molecular weight is 299 g/mol. The van der Waals surface area contributed by atoms with E-state index in [9.17, 15) is 8.42 Å². The van der Waals surface area contributed by atoms with Crippen molar-refractivity contribution in [1.29, 1.82) is 0 Å². The number of aryl methyl sites for hydroxylation is 1. The van der Waals surface area contributed by atoms with Crippen LogP contribution in [0.1, 0.15) is 11.6 Å². The van der Waals surface area contributed by atoms with Gasteiger partial charge in [0.15, 0.2) is 5.82 Å². The number of aromatic nitrogens is 3. The highest BCUT2D eigenvalue weighted by molar-refractivity contribution is 7.88. The number of sulfonamides is 1. The van der Waals surface area contributed by atoms with E-state index in [1.54, 1.807) is 24.1 Å². The molecule has 0 aliphatic rings. The van der Waals surface area contributed by atoms with Crippen LogP contribution in [0.15, 0.2) is 28.0 Å². The molecule has 0 aromatic carbocycles. The fraction of sp³-hybridized carbons (Fsp3) is 0.455. The molecule has 2 heterocycles. The Kier molecular flexibility index (Phi) is 4.21. The maximum Gasteiger partial charge on any atom is 0.275 e. The van der Waals surface area contributed by atoms with Crippen molar-refractivity contribution in [3.63, 3.8) is 0 Å². The molecule has 0 unspecified atom stereocenters. The van der Waals surface area contributed by atoms with Gasteiger partial charge in [0.2, 0.25) is 5.09 Å². The lowest BCUT2D eigenvalue weighted by Crippen LogP contribution is -2.21. The van der Waals surface area contributed by atoms with Crippen LogP contribution in [0.2, 0.25) is 0 Å². The molecule has 0 atom stereocenters. The normalized spacial score (nSPS) is 12.2. The van der Waals surface area contributed by atoms with Crippen LogP contribution in [-0.2, 0) is 30.2 Å². The van der Waals surface area contributed by atoms with Crippen LogP contribution in [0.4, 0.5) is 0 Å². The molecule has 0 bridgehead atoms. The summed E-state index contributed by atoms with van der Waals surface area (Å²) < 4.78 is 31.7. The number of hydrogen-bond donors (Lipinski definition) is 1. The second kappa shape index (κ2) is 5.73. The van der Waals surface area contributed by atoms with Gasteiger partial charge >= 0.3 is 0 Å². The molecule has 0 aliphatic heterocycles. The van der Waals surface area contributed by atoms with Crippen molar-refractivity contribution in [3.8, 4) is 0 Å². The van der Waals surface area contributed by atoms with Crippen LogP contribution in [-0.4, -0.2) is 41.6 Å². The molecule has 2 aromatic rings. The molecule has 0 aliphatic carbocycles. The Hall–Kier alpha value is -1.71. The first-order valence-corrected chi connectivity index (χ1v) is 7.40. The molecule has 0 fully saturated rings. The third-order valence-corrected chi connectivity index (χ3v) is 4.29. The maximum absolute atomic E-state index is 11.8. The third-order valence-electron chi connectivity index (χ3n) is 2.60. The predicted molar refractivity (Wildman–Crippen MR) is 71.1 cm³/mol. The SMILES string of the molecule is CN(C)S(=O)(=O)c1ccc(CNCc2ncn(C)n2)o1. The van der Waals surface area contributed by atoms with Crippen molar-refractivity contribution < 1.29 is 12.8 Å². The molecule has 0 radical (unpaired) electrons. The zero-order chi connectivity index (χ0) is 14.8. The molecular formula is C11H17N5O3S. The molecular weight excluding hydrogens is 282 g/mol. The van der Waals surface area contributed by atoms with Crippen molar-refractivity contribution in [1.82, 2.24) is 24.4 Å². The van der Waals surface area contributed by atoms with Crippen LogP contribution >= 0.6 is 0 Å². The quantitative estimate of drug-likeness (QED) is 0.803. The minimum absolute atomic E-state index is 0.0599. The van der Waals surface area contributed by atoms with Gasteiger partial charge in [0.1, 0.15) is 12.1 Å².